The van der Waals surface area contributed by atoms with Gasteiger partial charge in [0, 0.05) is 17.5 Å². The fourth-order valence-corrected chi connectivity index (χ4v) is 1.76. The molecule has 0 unspecified atom stereocenters. The highest BCUT2D eigenvalue weighted by atomic mass is 35.5. The summed E-state index contributed by atoms with van der Waals surface area (Å²) in [5, 5.41) is 0. The van der Waals surface area contributed by atoms with E-state index >= 15 is 0 Å². The summed E-state index contributed by atoms with van der Waals surface area (Å²) in [4.78, 5) is 0. The summed E-state index contributed by atoms with van der Waals surface area (Å²) in [6.07, 6.45) is 0. The van der Waals surface area contributed by atoms with Crippen LogP contribution >= 0.6 is 11.6 Å². The van der Waals surface area contributed by atoms with Gasteiger partial charge >= 0.3 is 0 Å². The zero-order valence-corrected chi connectivity index (χ0v) is 10.6. The van der Waals surface area contributed by atoms with Gasteiger partial charge in [0.25, 0.3) is 0 Å². The van der Waals surface area contributed by atoms with Gasteiger partial charge < -0.3 is 4.74 Å². The zero-order valence-electron chi connectivity index (χ0n) is 9.80. The molecule has 0 N–H and O–H groups in total. The summed E-state index contributed by atoms with van der Waals surface area (Å²) in [6, 6.07) is 7.79. The van der Waals surface area contributed by atoms with Gasteiger partial charge in [-0.15, -0.1) is 11.6 Å². The van der Waals surface area contributed by atoms with Crippen molar-refractivity contribution in [1.29, 1.82) is 0 Å². The molecule has 0 saturated carbocycles. The Kier molecular flexibility index (Phi) is 4.32. The Balaban J connectivity index is 2.14. The van der Waals surface area contributed by atoms with E-state index in [0.717, 1.165) is 12.1 Å². The van der Waals surface area contributed by atoms with Gasteiger partial charge in [-0.05, 0) is 23.8 Å². The third kappa shape index (κ3) is 3.41. The second-order valence-electron chi connectivity index (χ2n) is 3.93. The molecule has 2 aromatic carbocycles. The van der Waals surface area contributed by atoms with Crippen LogP contribution < -0.4 is 4.74 Å². The molecule has 0 spiro atoms. The number of benzene rings is 2. The van der Waals surface area contributed by atoms with Gasteiger partial charge in [-0.2, -0.15) is 0 Å². The highest BCUT2D eigenvalue weighted by molar-refractivity contribution is 6.17. The Morgan fingerprint density at radius 1 is 1.05 bits per heavy atom. The van der Waals surface area contributed by atoms with Crippen LogP contribution in [0.4, 0.5) is 13.2 Å². The molecule has 0 radical (unpaired) electrons. The lowest BCUT2D eigenvalue weighted by atomic mass is 10.2. The lowest BCUT2D eigenvalue weighted by Gasteiger charge is -2.09. The molecule has 2 aromatic rings. The fraction of sp³-hybridized carbons (Fsp3) is 0.143. The summed E-state index contributed by atoms with van der Waals surface area (Å²) >= 11 is 5.60. The first-order valence-electron chi connectivity index (χ1n) is 5.51. The molecule has 0 aliphatic carbocycles. The smallest absolute Gasteiger partial charge is 0.165 e. The van der Waals surface area contributed by atoms with Crippen LogP contribution in [0.15, 0.2) is 36.4 Å². The second kappa shape index (κ2) is 5.97. The summed E-state index contributed by atoms with van der Waals surface area (Å²) in [5.41, 5.74) is 0.619. The van der Waals surface area contributed by atoms with E-state index in [4.69, 9.17) is 16.3 Å². The lowest BCUT2D eigenvalue weighted by Crippen LogP contribution is -2.01. The minimum Gasteiger partial charge on any atom is -0.489 e. The van der Waals surface area contributed by atoms with Crippen LogP contribution in [0.1, 0.15) is 11.1 Å². The van der Waals surface area contributed by atoms with Crippen molar-refractivity contribution in [2.45, 2.75) is 12.5 Å². The van der Waals surface area contributed by atoms with Gasteiger partial charge in [0.2, 0.25) is 0 Å². The fourth-order valence-electron chi connectivity index (χ4n) is 1.60. The Morgan fingerprint density at radius 2 is 1.84 bits per heavy atom. The number of rotatable bonds is 4. The predicted octanol–water partition coefficient (Wildman–Crippen LogP) is 4.42. The van der Waals surface area contributed by atoms with Crippen LogP contribution in [-0.2, 0) is 12.5 Å². The first-order chi connectivity index (χ1) is 9.10. The molecule has 19 heavy (non-hydrogen) atoms. The van der Waals surface area contributed by atoms with Crippen LogP contribution in [0.25, 0.3) is 0 Å². The van der Waals surface area contributed by atoms with Crippen molar-refractivity contribution in [3.63, 3.8) is 0 Å². The topological polar surface area (TPSA) is 9.23 Å². The molecular weight excluding hydrogens is 277 g/mol. The monoisotopic (exact) mass is 286 g/mol. The minimum atomic E-state index is -0.962. The molecule has 0 heterocycles. The molecule has 100 valence electrons. The van der Waals surface area contributed by atoms with E-state index in [1.165, 1.54) is 18.2 Å². The largest absolute Gasteiger partial charge is 0.489 e. The zero-order chi connectivity index (χ0) is 13.8. The number of hydrogen-bond donors (Lipinski definition) is 0. The lowest BCUT2D eigenvalue weighted by molar-refractivity contribution is 0.295. The van der Waals surface area contributed by atoms with Crippen molar-refractivity contribution in [2.24, 2.45) is 0 Å². The molecule has 0 saturated heterocycles. The average Bonchev–Trinajstić information content (AvgIpc) is 2.40. The van der Waals surface area contributed by atoms with E-state index in [-0.39, 0.29) is 23.8 Å². The minimum absolute atomic E-state index is 0.0664. The molecule has 0 atom stereocenters. The normalized spacial score (nSPS) is 10.5. The van der Waals surface area contributed by atoms with Crippen molar-refractivity contribution in [1.82, 2.24) is 0 Å². The molecular formula is C14H10ClF3O. The maximum Gasteiger partial charge on any atom is 0.165 e. The number of halogens is 4. The highest BCUT2D eigenvalue weighted by Crippen LogP contribution is 2.20. The van der Waals surface area contributed by atoms with Crippen LogP contribution in [0, 0.1) is 17.5 Å². The summed E-state index contributed by atoms with van der Waals surface area (Å²) in [7, 11) is 0. The van der Waals surface area contributed by atoms with Gasteiger partial charge in [0.1, 0.15) is 18.2 Å². The molecule has 0 bridgehead atoms. The summed E-state index contributed by atoms with van der Waals surface area (Å²) < 4.78 is 44.8. The van der Waals surface area contributed by atoms with Gasteiger partial charge in [0.05, 0.1) is 0 Å². The van der Waals surface area contributed by atoms with Gasteiger partial charge in [-0.25, -0.2) is 13.2 Å². The van der Waals surface area contributed by atoms with Crippen LogP contribution in [0.2, 0.25) is 0 Å². The van der Waals surface area contributed by atoms with Crippen molar-refractivity contribution >= 4 is 11.6 Å². The maximum atomic E-state index is 13.4. The van der Waals surface area contributed by atoms with E-state index in [9.17, 15) is 13.2 Å². The van der Waals surface area contributed by atoms with E-state index in [1.54, 1.807) is 6.07 Å². The van der Waals surface area contributed by atoms with Gasteiger partial charge in [-0.3, -0.25) is 0 Å². The van der Waals surface area contributed by atoms with Crippen molar-refractivity contribution in [3.8, 4) is 5.75 Å². The molecule has 0 aliphatic rings. The van der Waals surface area contributed by atoms with Crippen LogP contribution in [0.3, 0.4) is 0 Å². The van der Waals surface area contributed by atoms with Crippen molar-refractivity contribution < 1.29 is 17.9 Å². The Hall–Kier alpha value is -1.68. The SMILES string of the molecule is Fc1cc(CCl)cc(OCc2cccc(F)c2F)c1. The Morgan fingerprint density at radius 3 is 2.58 bits per heavy atom. The summed E-state index contributed by atoms with van der Waals surface area (Å²) in [5.74, 6) is -2.03. The molecule has 0 amide bonds. The molecule has 1 nitrogen and oxygen atoms in total. The second-order valence-corrected chi connectivity index (χ2v) is 4.20. The third-order valence-corrected chi connectivity index (χ3v) is 2.82. The van der Waals surface area contributed by atoms with E-state index in [0.29, 0.717) is 5.56 Å². The predicted molar refractivity (Wildman–Crippen MR) is 66.6 cm³/mol. The first-order valence-corrected chi connectivity index (χ1v) is 6.04. The molecule has 0 fully saturated rings. The average molecular weight is 287 g/mol. The summed E-state index contributed by atoms with van der Waals surface area (Å²) in [6.45, 7) is -0.186. The number of ether oxygens (including phenoxy) is 1. The van der Waals surface area contributed by atoms with Crippen molar-refractivity contribution in [3.05, 3.63) is 65.0 Å². The molecule has 5 heteroatoms. The third-order valence-electron chi connectivity index (χ3n) is 2.51. The molecule has 0 aromatic heterocycles. The van der Waals surface area contributed by atoms with Crippen LogP contribution in [0.5, 0.6) is 5.75 Å². The first kappa shape index (κ1) is 13.7. The Bertz CT molecular complexity index is 587. The van der Waals surface area contributed by atoms with Crippen LogP contribution in [-0.4, -0.2) is 0 Å². The van der Waals surface area contributed by atoms with Gasteiger partial charge in [0.15, 0.2) is 11.6 Å². The highest BCUT2D eigenvalue weighted by Gasteiger charge is 2.08. The molecule has 2 rings (SSSR count). The van der Waals surface area contributed by atoms with Crippen molar-refractivity contribution in [2.75, 3.05) is 0 Å². The number of alkyl halides is 1. The van der Waals surface area contributed by atoms with E-state index in [2.05, 4.69) is 0 Å². The number of hydrogen-bond acceptors (Lipinski definition) is 1. The Labute approximate surface area is 113 Å². The van der Waals surface area contributed by atoms with Gasteiger partial charge in [-0.1, -0.05) is 12.1 Å². The quantitative estimate of drug-likeness (QED) is 0.756. The maximum absolute atomic E-state index is 13.4. The standard InChI is InChI=1S/C14H10ClF3O/c15-7-9-4-11(16)6-12(5-9)19-8-10-2-1-3-13(17)14(10)18/h1-6H,7-8H2. The van der Waals surface area contributed by atoms with E-state index < -0.39 is 17.5 Å². The molecule has 0 aliphatic heterocycles. The van der Waals surface area contributed by atoms with E-state index in [1.807, 2.05) is 0 Å².